The topological polar surface area (TPSA) is 25.4 Å². The van der Waals surface area contributed by atoms with Crippen LogP contribution in [0.5, 0.6) is 0 Å². The molecule has 2 aromatic carbocycles. The molecule has 116 valence electrons. The molecule has 0 spiro atoms. The highest BCUT2D eigenvalue weighted by molar-refractivity contribution is 7.14. The van der Waals surface area contributed by atoms with Gasteiger partial charge in [0.05, 0.1) is 18.9 Å². The van der Waals surface area contributed by atoms with Gasteiger partial charge in [-0.25, -0.2) is 4.98 Å². The van der Waals surface area contributed by atoms with Crippen LogP contribution in [-0.2, 0) is 4.74 Å². The van der Waals surface area contributed by atoms with Crippen LogP contribution in [0.4, 0.5) is 5.13 Å². The molecule has 1 fully saturated rings. The van der Waals surface area contributed by atoms with Crippen LogP contribution in [0.25, 0.3) is 22.4 Å². The van der Waals surface area contributed by atoms with E-state index in [4.69, 9.17) is 9.72 Å². The third kappa shape index (κ3) is 3.14. The van der Waals surface area contributed by atoms with Gasteiger partial charge >= 0.3 is 0 Å². The maximum absolute atomic E-state index is 5.40. The van der Waals surface area contributed by atoms with E-state index in [1.54, 1.807) is 11.3 Å². The number of hydrogen-bond acceptors (Lipinski definition) is 4. The molecule has 3 nitrogen and oxygen atoms in total. The number of aromatic nitrogens is 1. The first-order valence-electron chi connectivity index (χ1n) is 7.84. The zero-order valence-electron chi connectivity index (χ0n) is 12.8. The Bertz CT molecular complexity index is 762. The molecule has 1 aromatic heterocycles. The fourth-order valence-corrected chi connectivity index (χ4v) is 3.65. The lowest BCUT2D eigenvalue weighted by molar-refractivity contribution is 0.122. The van der Waals surface area contributed by atoms with Crippen molar-refractivity contribution in [2.45, 2.75) is 0 Å². The predicted molar refractivity (Wildman–Crippen MR) is 96.0 cm³/mol. The van der Waals surface area contributed by atoms with Crippen LogP contribution in [0.2, 0.25) is 0 Å². The Balaban J connectivity index is 1.55. The second-order valence-corrected chi connectivity index (χ2v) is 6.39. The number of ether oxygens (including phenoxy) is 1. The Morgan fingerprint density at radius 1 is 0.826 bits per heavy atom. The van der Waals surface area contributed by atoms with E-state index < -0.39 is 0 Å². The average Bonchev–Trinajstić information content (AvgIpc) is 3.14. The van der Waals surface area contributed by atoms with E-state index in [0.717, 1.165) is 37.1 Å². The Labute approximate surface area is 140 Å². The molecule has 2 heterocycles. The minimum atomic E-state index is 0.792. The minimum absolute atomic E-state index is 0.792. The van der Waals surface area contributed by atoms with Crippen molar-refractivity contribution < 1.29 is 4.74 Å². The van der Waals surface area contributed by atoms with E-state index in [1.165, 1.54) is 16.7 Å². The average molecular weight is 322 g/mol. The number of anilines is 1. The summed E-state index contributed by atoms with van der Waals surface area (Å²) in [5.74, 6) is 0. The highest BCUT2D eigenvalue weighted by atomic mass is 32.1. The van der Waals surface area contributed by atoms with Crippen LogP contribution in [0.3, 0.4) is 0 Å². The van der Waals surface area contributed by atoms with Gasteiger partial charge in [-0.1, -0.05) is 54.6 Å². The first-order valence-corrected chi connectivity index (χ1v) is 8.72. The van der Waals surface area contributed by atoms with Gasteiger partial charge in [-0.2, -0.15) is 0 Å². The van der Waals surface area contributed by atoms with Crippen molar-refractivity contribution in [2.75, 3.05) is 31.2 Å². The molecule has 1 aliphatic rings. The van der Waals surface area contributed by atoms with Gasteiger partial charge in [0.25, 0.3) is 0 Å². The summed E-state index contributed by atoms with van der Waals surface area (Å²) in [5, 5.41) is 3.23. The van der Waals surface area contributed by atoms with E-state index >= 15 is 0 Å². The Hall–Kier alpha value is -2.17. The second kappa shape index (κ2) is 6.52. The van der Waals surface area contributed by atoms with Crippen LogP contribution >= 0.6 is 11.3 Å². The Kier molecular flexibility index (Phi) is 4.09. The van der Waals surface area contributed by atoms with Gasteiger partial charge in [0.2, 0.25) is 0 Å². The van der Waals surface area contributed by atoms with Crippen molar-refractivity contribution >= 4 is 16.5 Å². The molecular formula is C19H18N2OS. The highest BCUT2D eigenvalue weighted by Gasteiger charge is 2.15. The quantitative estimate of drug-likeness (QED) is 0.718. The number of rotatable bonds is 3. The van der Waals surface area contributed by atoms with Gasteiger partial charge in [-0.15, -0.1) is 11.3 Å². The van der Waals surface area contributed by atoms with Gasteiger partial charge in [0, 0.05) is 24.0 Å². The molecule has 0 atom stereocenters. The van der Waals surface area contributed by atoms with Gasteiger partial charge < -0.3 is 9.64 Å². The van der Waals surface area contributed by atoms with Crippen LogP contribution < -0.4 is 4.90 Å². The highest BCUT2D eigenvalue weighted by Crippen LogP contribution is 2.29. The van der Waals surface area contributed by atoms with Crippen molar-refractivity contribution in [3.8, 4) is 22.4 Å². The summed E-state index contributed by atoms with van der Waals surface area (Å²) >= 11 is 1.71. The first-order chi connectivity index (χ1) is 11.4. The maximum atomic E-state index is 5.40. The van der Waals surface area contributed by atoms with E-state index in [2.05, 4.69) is 58.8 Å². The summed E-state index contributed by atoms with van der Waals surface area (Å²) in [6.45, 7) is 3.45. The Morgan fingerprint density at radius 3 is 2.22 bits per heavy atom. The molecule has 23 heavy (non-hydrogen) atoms. The largest absolute Gasteiger partial charge is 0.378 e. The molecule has 1 saturated heterocycles. The molecule has 0 aliphatic carbocycles. The van der Waals surface area contributed by atoms with E-state index in [0.29, 0.717) is 0 Å². The SMILES string of the molecule is c1ccc(-c2ccc(-c3csc(N4CCOCC4)n3)cc2)cc1. The van der Waals surface area contributed by atoms with Gasteiger partial charge in [0.15, 0.2) is 5.13 Å². The number of nitrogens with zero attached hydrogens (tertiary/aromatic N) is 2. The van der Waals surface area contributed by atoms with Crippen LogP contribution in [0.1, 0.15) is 0 Å². The van der Waals surface area contributed by atoms with Gasteiger partial charge in [0.1, 0.15) is 0 Å². The monoisotopic (exact) mass is 322 g/mol. The Morgan fingerprint density at radius 2 is 1.48 bits per heavy atom. The molecule has 0 unspecified atom stereocenters. The summed E-state index contributed by atoms with van der Waals surface area (Å²) in [6, 6.07) is 19.1. The lowest BCUT2D eigenvalue weighted by atomic mass is 10.0. The standard InChI is InChI=1S/C19H18N2OS/c1-2-4-15(5-3-1)16-6-8-17(9-7-16)18-14-23-19(20-18)21-10-12-22-13-11-21/h1-9,14H,10-13H2. The smallest absolute Gasteiger partial charge is 0.186 e. The summed E-state index contributed by atoms with van der Waals surface area (Å²) in [4.78, 5) is 7.10. The van der Waals surface area contributed by atoms with Crippen LogP contribution in [0, 0.1) is 0 Å². The van der Waals surface area contributed by atoms with E-state index in [1.807, 2.05) is 6.07 Å². The zero-order chi connectivity index (χ0) is 15.5. The lowest BCUT2D eigenvalue weighted by Crippen LogP contribution is -2.36. The number of benzene rings is 2. The third-order valence-corrected chi connectivity index (χ3v) is 4.96. The van der Waals surface area contributed by atoms with Crippen molar-refractivity contribution in [1.82, 2.24) is 4.98 Å². The lowest BCUT2D eigenvalue weighted by Gasteiger charge is -2.26. The number of thiazole rings is 1. The summed E-state index contributed by atoms with van der Waals surface area (Å²) in [7, 11) is 0. The molecular weight excluding hydrogens is 304 g/mol. The molecule has 0 saturated carbocycles. The van der Waals surface area contributed by atoms with E-state index in [9.17, 15) is 0 Å². The summed E-state index contributed by atoms with van der Waals surface area (Å²) in [5.41, 5.74) is 4.70. The fraction of sp³-hybridized carbons (Fsp3) is 0.211. The molecule has 4 rings (SSSR count). The number of morpholine rings is 1. The molecule has 0 amide bonds. The van der Waals surface area contributed by atoms with Gasteiger partial charge in [-0.05, 0) is 11.1 Å². The first kappa shape index (κ1) is 14.4. The molecule has 0 bridgehead atoms. The molecule has 4 heteroatoms. The van der Waals surface area contributed by atoms with Crippen molar-refractivity contribution in [3.63, 3.8) is 0 Å². The van der Waals surface area contributed by atoms with Crippen LogP contribution in [0.15, 0.2) is 60.0 Å². The third-order valence-electron chi connectivity index (χ3n) is 4.06. The van der Waals surface area contributed by atoms with Crippen molar-refractivity contribution in [1.29, 1.82) is 0 Å². The summed E-state index contributed by atoms with van der Waals surface area (Å²) < 4.78 is 5.40. The zero-order valence-corrected chi connectivity index (χ0v) is 13.6. The van der Waals surface area contributed by atoms with Crippen LogP contribution in [-0.4, -0.2) is 31.3 Å². The molecule has 0 N–H and O–H groups in total. The molecule has 3 aromatic rings. The van der Waals surface area contributed by atoms with E-state index in [-0.39, 0.29) is 0 Å². The second-order valence-electron chi connectivity index (χ2n) is 5.56. The fourth-order valence-electron chi connectivity index (χ4n) is 2.76. The summed E-state index contributed by atoms with van der Waals surface area (Å²) in [6.07, 6.45) is 0. The predicted octanol–water partition coefficient (Wildman–Crippen LogP) is 4.31. The molecule has 0 radical (unpaired) electrons. The number of hydrogen-bond donors (Lipinski definition) is 0. The van der Waals surface area contributed by atoms with Crippen molar-refractivity contribution in [2.24, 2.45) is 0 Å². The normalized spacial score (nSPS) is 14.9. The minimum Gasteiger partial charge on any atom is -0.378 e. The van der Waals surface area contributed by atoms with Crippen molar-refractivity contribution in [3.05, 3.63) is 60.0 Å². The maximum Gasteiger partial charge on any atom is 0.186 e. The van der Waals surface area contributed by atoms with Gasteiger partial charge in [-0.3, -0.25) is 0 Å². The molecule has 1 aliphatic heterocycles.